The molecule has 3 rings (SSSR count). The summed E-state index contributed by atoms with van der Waals surface area (Å²) < 4.78 is 11.7. The van der Waals surface area contributed by atoms with Gasteiger partial charge in [-0.3, -0.25) is 9.88 Å². The van der Waals surface area contributed by atoms with E-state index in [-0.39, 0.29) is 0 Å². The van der Waals surface area contributed by atoms with Crippen molar-refractivity contribution in [2.24, 2.45) is 0 Å². The molecule has 2 aliphatic rings. The van der Waals surface area contributed by atoms with Crippen molar-refractivity contribution in [1.82, 2.24) is 9.88 Å². The molecule has 1 aromatic rings. The molecular weight excluding hydrogens is 252 g/mol. The zero-order valence-corrected chi connectivity index (χ0v) is 12.0. The van der Waals surface area contributed by atoms with Gasteiger partial charge >= 0.3 is 0 Å². The standard InChI is InChI=1S/C16H24N2O2/c1-8-18(9-11-19-10-1)13-16-3-2-15(20-16)12-14-4-6-17-7-5-14/h4-7,15-16H,1-3,8-13H2/t15-,16+/m0/s1. The van der Waals surface area contributed by atoms with E-state index in [2.05, 4.69) is 22.0 Å². The smallest absolute Gasteiger partial charge is 0.0706 e. The Morgan fingerprint density at radius 3 is 2.85 bits per heavy atom. The largest absolute Gasteiger partial charge is 0.380 e. The van der Waals surface area contributed by atoms with Crippen LogP contribution < -0.4 is 0 Å². The minimum absolute atomic E-state index is 0.380. The molecule has 0 unspecified atom stereocenters. The summed E-state index contributed by atoms with van der Waals surface area (Å²) in [6, 6.07) is 4.17. The Labute approximate surface area is 121 Å². The van der Waals surface area contributed by atoms with E-state index in [1.54, 1.807) is 0 Å². The maximum atomic E-state index is 6.21. The second kappa shape index (κ2) is 7.16. The first-order valence-corrected chi connectivity index (χ1v) is 7.74. The van der Waals surface area contributed by atoms with Gasteiger partial charge in [0.15, 0.2) is 0 Å². The van der Waals surface area contributed by atoms with Crippen LogP contribution in [0.1, 0.15) is 24.8 Å². The Bertz CT molecular complexity index is 391. The fourth-order valence-corrected chi connectivity index (χ4v) is 3.11. The van der Waals surface area contributed by atoms with Gasteiger partial charge in [0.2, 0.25) is 0 Å². The first kappa shape index (κ1) is 14.0. The summed E-state index contributed by atoms with van der Waals surface area (Å²) in [6.45, 7) is 5.04. The van der Waals surface area contributed by atoms with Gasteiger partial charge in [0.1, 0.15) is 0 Å². The molecule has 20 heavy (non-hydrogen) atoms. The third kappa shape index (κ3) is 4.01. The van der Waals surface area contributed by atoms with Crippen molar-refractivity contribution in [3.8, 4) is 0 Å². The number of hydrogen-bond donors (Lipinski definition) is 0. The lowest BCUT2D eigenvalue weighted by atomic mass is 10.1. The maximum absolute atomic E-state index is 6.21. The molecule has 0 amide bonds. The van der Waals surface area contributed by atoms with Crippen LogP contribution in [0.3, 0.4) is 0 Å². The minimum Gasteiger partial charge on any atom is -0.380 e. The average molecular weight is 276 g/mol. The van der Waals surface area contributed by atoms with Gasteiger partial charge in [-0.2, -0.15) is 0 Å². The molecule has 0 aliphatic carbocycles. The average Bonchev–Trinajstić information content (AvgIpc) is 2.74. The molecule has 1 aromatic heterocycles. The number of aromatic nitrogens is 1. The van der Waals surface area contributed by atoms with E-state index < -0.39 is 0 Å². The summed E-state index contributed by atoms with van der Waals surface area (Å²) in [4.78, 5) is 6.55. The topological polar surface area (TPSA) is 34.6 Å². The second-order valence-corrected chi connectivity index (χ2v) is 5.78. The number of hydrogen-bond acceptors (Lipinski definition) is 4. The van der Waals surface area contributed by atoms with Gasteiger partial charge in [-0.25, -0.2) is 0 Å². The first-order chi connectivity index (χ1) is 9.90. The van der Waals surface area contributed by atoms with E-state index in [9.17, 15) is 0 Å². The molecule has 0 radical (unpaired) electrons. The molecule has 0 N–H and O–H groups in total. The van der Waals surface area contributed by atoms with E-state index in [0.29, 0.717) is 12.2 Å². The molecule has 0 aromatic carbocycles. The van der Waals surface area contributed by atoms with E-state index in [0.717, 1.165) is 45.7 Å². The van der Waals surface area contributed by atoms with Crippen molar-refractivity contribution < 1.29 is 9.47 Å². The molecule has 110 valence electrons. The molecule has 2 saturated heterocycles. The third-order valence-electron chi connectivity index (χ3n) is 4.18. The summed E-state index contributed by atoms with van der Waals surface area (Å²) in [5.41, 5.74) is 1.33. The van der Waals surface area contributed by atoms with Gasteiger partial charge in [-0.1, -0.05) is 0 Å². The van der Waals surface area contributed by atoms with Crippen LogP contribution in [0.25, 0.3) is 0 Å². The highest BCUT2D eigenvalue weighted by Gasteiger charge is 2.27. The normalized spacial score (nSPS) is 28.4. The number of pyridine rings is 1. The lowest BCUT2D eigenvalue weighted by Crippen LogP contribution is -2.34. The van der Waals surface area contributed by atoms with Crippen molar-refractivity contribution in [2.45, 2.75) is 37.9 Å². The Morgan fingerprint density at radius 1 is 1.10 bits per heavy atom. The van der Waals surface area contributed by atoms with Crippen LogP contribution in [0, 0.1) is 0 Å². The van der Waals surface area contributed by atoms with E-state index >= 15 is 0 Å². The molecule has 2 fully saturated rings. The van der Waals surface area contributed by atoms with E-state index in [4.69, 9.17) is 9.47 Å². The summed E-state index contributed by atoms with van der Waals surface area (Å²) in [5, 5.41) is 0. The van der Waals surface area contributed by atoms with Gasteiger partial charge in [0.05, 0.1) is 18.8 Å². The van der Waals surface area contributed by atoms with Gasteiger partial charge in [-0.15, -0.1) is 0 Å². The Hall–Kier alpha value is -0.970. The summed E-state index contributed by atoms with van der Waals surface area (Å²) in [7, 11) is 0. The van der Waals surface area contributed by atoms with Crippen LogP contribution in [-0.2, 0) is 15.9 Å². The SMILES string of the molecule is c1cc(C[C@@H]2CC[C@H](CN3CCCOCC3)O2)ccn1. The molecule has 4 heteroatoms. The molecule has 4 nitrogen and oxygen atoms in total. The number of ether oxygens (including phenoxy) is 2. The van der Waals surface area contributed by atoms with Gasteiger partial charge < -0.3 is 9.47 Å². The predicted molar refractivity (Wildman–Crippen MR) is 77.7 cm³/mol. The van der Waals surface area contributed by atoms with Crippen molar-refractivity contribution in [3.63, 3.8) is 0 Å². The summed E-state index contributed by atoms with van der Waals surface area (Å²) in [6.07, 6.45) is 9.03. The van der Waals surface area contributed by atoms with Crippen molar-refractivity contribution in [1.29, 1.82) is 0 Å². The predicted octanol–water partition coefficient (Wildman–Crippen LogP) is 1.89. The molecule has 0 saturated carbocycles. The molecule has 3 heterocycles. The highest BCUT2D eigenvalue weighted by atomic mass is 16.5. The van der Waals surface area contributed by atoms with Crippen LogP contribution in [-0.4, -0.2) is 54.9 Å². The zero-order chi connectivity index (χ0) is 13.6. The quantitative estimate of drug-likeness (QED) is 0.841. The van der Waals surface area contributed by atoms with Gasteiger partial charge in [0.25, 0.3) is 0 Å². The summed E-state index contributed by atoms with van der Waals surface area (Å²) >= 11 is 0. The van der Waals surface area contributed by atoms with Crippen molar-refractivity contribution in [3.05, 3.63) is 30.1 Å². The molecule has 2 atom stereocenters. The highest BCUT2D eigenvalue weighted by molar-refractivity contribution is 5.11. The third-order valence-corrected chi connectivity index (χ3v) is 4.18. The van der Waals surface area contributed by atoms with Gasteiger partial charge in [-0.05, 0) is 43.4 Å². The second-order valence-electron chi connectivity index (χ2n) is 5.78. The fourth-order valence-electron chi connectivity index (χ4n) is 3.11. The Morgan fingerprint density at radius 2 is 1.95 bits per heavy atom. The summed E-state index contributed by atoms with van der Waals surface area (Å²) in [5.74, 6) is 0. The van der Waals surface area contributed by atoms with Crippen molar-refractivity contribution in [2.75, 3.05) is 32.8 Å². The lowest BCUT2D eigenvalue weighted by molar-refractivity contribution is 0.0228. The van der Waals surface area contributed by atoms with E-state index in [1.807, 2.05) is 12.4 Å². The number of nitrogens with zero attached hydrogens (tertiary/aromatic N) is 2. The minimum atomic E-state index is 0.380. The monoisotopic (exact) mass is 276 g/mol. The fraction of sp³-hybridized carbons (Fsp3) is 0.688. The number of rotatable bonds is 4. The van der Waals surface area contributed by atoms with E-state index in [1.165, 1.54) is 18.4 Å². The van der Waals surface area contributed by atoms with Crippen LogP contribution in [0.2, 0.25) is 0 Å². The molecular formula is C16H24N2O2. The lowest BCUT2D eigenvalue weighted by Gasteiger charge is -2.23. The highest BCUT2D eigenvalue weighted by Crippen LogP contribution is 2.23. The molecule has 0 spiro atoms. The van der Waals surface area contributed by atoms with Crippen LogP contribution in [0.4, 0.5) is 0 Å². The maximum Gasteiger partial charge on any atom is 0.0706 e. The Balaban J connectivity index is 1.44. The van der Waals surface area contributed by atoms with Crippen LogP contribution in [0.15, 0.2) is 24.5 Å². The van der Waals surface area contributed by atoms with Gasteiger partial charge in [0, 0.05) is 38.6 Å². The Kier molecular flexibility index (Phi) is 5.01. The first-order valence-electron chi connectivity index (χ1n) is 7.74. The molecule has 2 aliphatic heterocycles. The van der Waals surface area contributed by atoms with Crippen LogP contribution >= 0.6 is 0 Å². The zero-order valence-electron chi connectivity index (χ0n) is 12.0. The van der Waals surface area contributed by atoms with Crippen LogP contribution in [0.5, 0.6) is 0 Å². The molecule has 0 bridgehead atoms. The van der Waals surface area contributed by atoms with Crippen molar-refractivity contribution >= 4 is 0 Å².